The van der Waals surface area contributed by atoms with Crippen molar-refractivity contribution < 1.29 is 23.8 Å². The maximum absolute atomic E-state index is 12.8. The van der Waals surface area contributed by atoms with Gasteiger partial charge < -0.3 is 14.2 Å². The number of unbranched alkanes of at least 4 members (excludes halogenated alkanes) is 21. The summed E-state index contributed by atoms with van der Waals surface area (Å²) in [6.45, 7) is 7.59. The molecule has 0 saturated heterocycles. The molecule has 0 N–H and O–H groups in total. The summed E-state index contributed by atoms with van der Waals surface area (Å²) in [7, 11) is 0. The number of carbonyl (C=O) groups is 2. The van der Waals surface area contributed by atoms with Crippen LogP contribution < -0.4 is 0 Å². The van der Waals surface area contributed by atoms with E-state index in [0.717, 1.165) is 96.3 Å². The van der Waals surface area contributed by atoms with Crippen LogP contribution in [-0.4, -0.2) is 37.9 Å². The number of ether oxygens (including phenoxy) is 3. The van der Waals surface area contributed by atoms with E-state index in [1.54, 1.807) is 0 Å². The lowest BCUT2D eigenvalue weighted by Gasteiger charge is -2.18. The molecule has 0 amide bonds. The Morgan fingerprint density at radius 2 is 0.703 bits per heavy atom. The van der Waals surface area contributed by atoms with Gasteiger partial charge in [0, 0.05) is 19.4 Å². The van der Waals surface area contributed by atoms with Gasteiger partial charge in [-0.25, -0.2) is 0 Å². The van der Waals surface area contributed by atoms with Crippen molar-refractivity contribution in [3.05, 3.63) is 97.2 Å². The van der Waals surface area contributed by atoms with Crippen LogP contribution in [0.3, 0.4) is 0 Å². The number of allylic oxidation sites excluding steroid dienone is 16. The summed E-state index contributed by atoms with van der Waals surface area (Å²) >= 11 is 0. The van der Waals surface area contributed by atoms with Crippen molar-refractivity contribution >= 4 is 11.9 Å². The van der Waals surface area contributed by atoms with Gasteiger partial charge in [0.15, 0.2) is 6.10 Å². The smallest absolute Gasteiger partial charge is 0.306 e. The highest BCUT2D eigenvalue weighted by molar-refractivity contribution is 5.70. The van der Waals surface area contributed by atoms with E-state index < -0.39 is 6.10 Å². The number of esters is 2. The van der Waals surface area contributed by atoms with Gasteiger partial charge in [-0.3, -0.25) is 9.59 Å². The second kappa shape index (κ2) is 54.2. The Morgan fingerprint density at radius 3 is 1.16 bits per heavy atom. The highest BCUT2D eigenvalue weighted by Crippen LogP contribution is 2.13. The van der Waals surface area contributed by atoms with Crippen molar-refractivity contribution in [1.82, 2.24) is 0 Å². The van der Waals surface area contributed by atoms with E-state index in [1.165, 1.54) is 109 Å². The first-order valence-electron chi connectivity index (χ1n) is 26.8. The third kappa shape index (κ3) is 51.5. The molecule has 0 aliphatic carbocycles. The zero-order chi connectivity index (χ0) is 46.3. The van der Waals surface area contributed by atoms with Crippen LogP contribution >= 0.6 is 0 Å². The van der Waals surface area contributed by atoms with Gasteiger partial charge in [0.2, 0.25) is 0 Å². The second-order valence-electron chi connectivity index (χ2n) is 17.4. The average molecular weight is 889 g/mol. The van der Waals surface area contributed by atoms with Gasteiger partial charge in [-0.1, -0.05) is 201 Å². The number of hydrogen-bond acceptors (Lipinski definition) is 5. The number of rotatable bonds is 48. The molecule has 0 spiro atoms. The van der Waals surface area contributed by atoms with Gasteiger partial charge in [-0.05, 0) is 122 Å². The molecule has 366 valence electrons. The first kappa shape index (κ1) is 60.8. The van der Waals surface area contributed by atoms with Crippen molar-refractivity contribution in [3.63, 3.8) is 0 Å². The molecule has 0 aromatic heterocycles. The Morgan fingerprint density at radius 1 is 0.359 bits per heavy atom. The molecule has 5 nitrogen and oxygen atoms in total. The molecular weight excluding hydrogens is 789 g/mol. The van der Waals surface area contributed by atoms with Gasteiger partial charge in [0.1, 0.15) is 6.61 Å². The predicted octanol–water partition coefficient (Wildman–Crippen LogP) is 18.2. The highest BCUT2D eigenvalue weighted by atomic mass is 16.6. The van der Waals surface area contributed by atoms with E-state index in [4.69, 9.17) is 14.2 Å². The van der Waals surface area contributed by atoms with Gasteiger partial charge in [0.25, 0.3) is 0 Å². The molecule has 0 heterocycles. The molecule has 0 bridgehead atoms. The molecule has 0 fully saturated rings. The first-order chi connectivity index (χ1) is 31.6. The number of hydrogen-bond donors (Lipinski definition) is 0. The molecule has 0 radical (unpaired) electrons. The standard InChI is InChI=1S/C59H100O5/c1-4-7-10-13-16-19-22-25-28-29-30-33-36-39-42-45-48-51-54-62-55-57(64-59(61)53-50-47-44-41-38-35-32-27-24-21-18-15-12-9-6-3)56-63-58(60)52-49-46-43-40-37-34-31-26-23-20-17-14-11-8-5-2/h8,11,16-21,25-28,31-32,37,40,57H,4-7,9-10,12-15,22-24,29-30,33-36,38-39,41-56H2,1-3H3/b11-8-,19-16-,20-17-,21-18-,28-25-,31-26-,32-27-,40-37-. The Labute approximate surface area is 396 Å². The molecular formula is C59H100O5. The SMILES string of the molecule is CC/C=C\C/C=C\C/C=C\C/C=C\CCCCC(=O)OCC(COCCCCCCCCCC/C=C\C/C=C\CCCCC)OC(=O)CCCCCCC/C=C\C/C=C\CCCCC. The predicted molar refractivity (Wildman–Crippen MR) is 279 cm³/mol. The van der Waals surface area contributed by atoms with Crippen LogP contribution in [0.5, 0.6) is 0 Å². The summed E-state index contributed by atoms with van der Waals surface area (Å²) in [4.78, 5) is 25.4. The van der Waals surface area contributed by atoms with Crippen molar-refractivity contribution in [2.24, 2.45) is 0 Å². The molecule has 64 heavy (non-hydrogen) atoms. The Bertz CT molecular complexity index is 1230. The van der Waals surface area contributed by atoms with Gasteiger partial charge >= 0.3 is 11.9 Å². The molecule has 0 aromatic carbocycles. The van der Waals surface area contributed by atoms with E-state index in [-0.39, 0.29) is 25.2 Å². The lowest BCUT2D eigenvalue weighted by Crippen LogP contribution is -2.30. The summed E-state index contributed by atoms with van der Waals surface area (Å²) in [5, 5.41) is 0. The van der Waals surface area contributed by atoms with Gasteiger partial charge in [-0.15, -0.1) is 0 Å². The van der Waals surface area contributed by atoms with Crippen LogP contribution in [-0.2, 0) is 23.8 Å². The Kier molecular flexibility index (Phi) is 51.5. The van der Waals surface area contributed by atoms with Gasteiger partial charge in [-0.2, -0.15) is 0 Å². The first-order valence-corrected chi connectivity index (χ1v) is 26.8. The molecule has 0 aliphatic heterocycles. The van der Waals surface area contributed by atoms with E-state index >= 15 is 0 Å². The Balaban J connectivity index is 4.38. The highest BCUT2D eigenvalue weighted by Gasteiger charge is 2.17. The molecule has 0 rings (SSSR count). The van der Waals surface area contributed by atoms with E-state index in [2.05, 4.69) is 118 Å². The zero-order valence-corrected chi connectivity index (χ0v) is 42.0. The molecule has 0 saturated carbocycles. The molecule has 5 heteroatoms. The number of carbonyl (C=O) groups excluding carboxylic acids is 2. The van der Waals surface area contributed by atoms with Crippen molar-refractivity contribution in [2.75, 3.05) is 19.8 Å². The topological polar surface area (TPSA) is 61.8 Å². The molecule has 1 atom stereocenters. The van der Waals surface area contributed by atoms with Crippen LogP contribution in [0.15, 0.2) is 97.2 Å². The fourth-order valence-corrected chi connectivity index (χ4v) is 7.09. The second-order valence-corrected chi connectivity index (χ2v) is 17.4. The van der Waals surface area contributed by atoms with Crippen LogP contribution in [0, 0.1) is 0 Å². The Hall–Kier alpha value is -3.18. The van der Waals surface area contributed by atoms with Crippen LogP contribution in [0.2, 0.25) is 0 Å². The summed E-state index contributed by atoms with van der Waals surface area (Å²) in [6.07, 6.45) is 72.7. The van der Waals surface area contributed by atoms with Crippen molar-refractivity contribution in [1.29, 1.82) is 0 Å². The molecule has 1 unspecified atom stereocenters. The van der Waals surface area contributed by atoms with Crippen LogP contribution in [0.4, 0.5) is 0 Å². The third-order valence-electron chi connectivity index (χ3n) is 11.1. The fraction of sp³-hybridized carbons (Fsp3) is 0.695. The van der Waals surface area contributed by atoms with E-state index in [1.807, 2.05) is 0 Å². The molecule has 0 aliphatic rings. The quantitative estimate of drug-likeness (QED) is 0.0346. The minimum atomic E-state index is -0.569. The summed E-state index contributed by atoms with van der Waals surface area (Å²) in [6, 6.07) is 0. The monoisotopic (exact) mass is 889 g/mol. The normalized spacial score (nSPS) is 13.0. The maximum Gasteiger partial charge on any atom is 0.306 e. The van der Waals surface area contributed by atoms with E-state index in [9.17, 15) is 9.59 Å². The summed E-state index contributed by atoms with van der Waals surface area (Å²) in [5.41, 5.74) is 0. The zero-order valence-electron chi connectivity index (χ0n) is 42.0. The minimum Gasteiger partial charge on any atom is -0.462 e. The minimum absolute atomic E-state index is 0.0512. The maximum atomic E-state index is 12.8. The fourth-order valence-electron chi connectivity index (χ4n) is 7.09. The third-order valence-corrected chi connectivity index (χ3v) is 11.1. The summed E-state index contributed by atoms with van der Waals surface area (Å²) < 4.78 is 17.4. The van der Waals surface area contributed by atoms with Gasteiger partial charge in [0.05, 0.1) is 6.61 Å². The van der Waals surface area contributed by atoms with E-state index in [0.29, 0.717) is 19.4 Å². The largest absolute Gasteiger partial charge is 0.462 e. The summed E-state index contributed by atoms with van der Waals surface area (Å²) in [5.74, 6) is -0.466. The lowest BCUT2D eigenvalue weighted by molar-refractivity contribution is -0.163. The molecule has 0 aromatic rings. The van der Waals surface area contributed by atoms with Crippen LogP contribution in [0.25, 0.3) is 0 Å². The van der Waals surface area contributed by atoms with Crippen molar-refractivity contribution in [2.45, 2.75) is 245 Å². The lowest BCUT2D eigenvalue weighted by atomic mass is 10.1. The van der Waals surface area contributed by atoms with Crippen LogP contribution in [0.1, 0.15) is 239 Å². The van der Waals surface area contributed by atoms with Crippen molar-refractivity contribution in [3.8, 4) is 0 Å². The average Bonchev–Trinajstić information content (AvgIpc) is 3.30.